The number of halogens is 1. The number of amides is 1. The number of methoxy groups -OCH3 is 2. The molecule has 2 aromatic rings. The molecule has 0 saturated carbocycles. The van der Waals surface area contributed by atoms with Gasteiger partial charge in [-0.1, -0.05) is 17.7 Å². The third kappa shape index (κ3) is 5.60. The minimum atomic E-state index is -0.131. The Morgan fingerprint density at radius 1 is 1.07 bits per heavy atom. The van der Waals surface area contributed by atoms with Gasteiger partial charge >= 0.3 is 0 Å². The highest BCUT2D eigenvalue weighted by molar-refractivity contribution is 6.33. The standard InChI is InChI=1S/C21H25ClN2O5/c1-26-17-5-4-14(10-18(17)27-2)6-7-23-21(25)13-24-16-12-20-19(11-15(16)22)28-8-3-9-29-20/h4-5,10-12,24H,3,6-9,13H2,1-2H3,(H,23,25). The van der Waals surface area contributed by atoms with Crippen molar-refractivity contribution in [3.05, 3.63) is 40.9 Å². The van der Waals surface area contributed by atoms with Crippen molar-refractivity contribution in [3.8, 4) is 23.0 Å². The first-order chi connectivity index (χ1) is 14.1. The third-order valence-electron chi connectivity index (χ3n) is 4.46. The molecule has 0 saturated heterocycles. The molecule has 2 N–H and O–H groups in total. The monoisotopic (exact) mass is 420 g/mol. The molecule has 7 nitrogen and oxygen atoms in total. The fourth-order valence-electron chi connectivity index (χ4n) is 2.94. The van der Waals surface area contributed by atoms with Crippen LogP contribution in [0.3, 0.4) is 0 Å². The summed E-state index contributed by atoms with van der Waals surface area (Å²) in [6.07, 6.45) is 1.49. The summed E-state index contributed by atoms with van der Waals surface area (Å²) in [5, 5.41) is 6.41. The van der Waals surface area contributed by atoms with Crippen LogP contribution in [0.5, 0.6) is 23.0 Å². The van der Waals surface area contributed by atoms with Gasteiger partial charge in [0.05, 0.1) is 44.7 Å². The Balaban J connectivity index is 1.49. The van der Waals surface area contributed by atoms with Crippen molar-refractivity contribution < 1.29 is 23.7 Å². The van der Waals surface area contributed by atoms with E-state index in [4.69, 9.17) is 30.5 Å². The molecule has 1 heterocycles. The SMILES string of the molecule is COc1ccc(CCNC(=O)CNc2cc3c(cc2Cl)OCCCO3)cc1OC. The Labute approximate surface area is 175 Å². The summed E-state index contributed by atoms with van der Waals surface area (Å²) in [6, 6.07) is 9.17. The maximum absolute atomic E-state index is 12.2. The maximum Gasteiger partial charge on any atom is 0.239 e. The van der Waals surface area contributed by atoms with Gasteiger partial charge in [0, 0.05) is 25.1 Å². The predicted octanol–water partition coefficient (Wildman–Crippen LogP) is 3.29. The van der Waals surface area contributed by atoms with E-state index in [1.807, 2.05) is 18.2 Å². The Morgan fingerprint density at radius 3 is 2.52 bits per heavy atom. The highest BCUT2D eigenvalue weighted by Gasteiger charge is 2.14. The number of rotatable bonds is 8. The Bertz CT molecular complexity index is 859. The lowest BCUT2D eigenvalue weighted by molar-refractivity contribution is -0.119. The first kappa shape index (κ1) is 20.9. The summed E-state index contributed by atoms with van der Waals surface area (Å²) in [7, 11) is 3.19. The normalized spacial score (nSPS) is 12.7. The second-order valence-corrected chi connectivity index (χ2v) is 6.88. The third-order valence-corrected chi connectivity index (χ3v) is 4.77. The second-order valence-electron chi connectivity index (χ2n) is 6.47. The lowest BCUT2D eigenvalue weighted by Gasteiger charge is -2.13. The molecule has 1 amide bonds. The lowest BCUT2D eigenvalue weighted by atomic mass is 10.1. The van der Waals surface area contributed by atoms with E-state index < -0.39 is 0 Å². The van der Waals surface area contributed by atoms with Crippen LogP contribution in [-0.2, 0) is 11.2 Å². The van der Waals surface area contributed by atoms with E-state index in [0.29, 0.717) is 59.9 Å². The van der Waals surface area contributed by atoms with Gasteiger partial charge < -0.3 is 29.6 Å². The molecule has 3 rings (SSSR count). The van der Waals surface area contributed by atoms with Crippen molar-refractivity contribution in [2.75, 3.05) is 45.8 Å². The van der Waals surface area contributed by atoms with Gasteiger partial charge in [-0.15, -0.1) is 0 Å². The number of ether oxygens (including phenoxy) is 4. The Hall–Kier alpha value is -2.80. The molecule has 0 spiro atoms. The van der Waals surface area contributed by atoms with Crippen molar-refractivity contribution in [2.24, 2.45) is 0 Å². The summed E-state index contributed by atoms with van der Waals surface area (Å²) in [4.78, 5) is 12.2. The van der Waals surface area contributed by atoms with Gasteiger partial charge in [-0.05, 0) is 24.1 Å². The molecule has 2 aromatic carbocycles. The zero-order chi connectivity index (χ0) is 20.6. The van der Waals surface area contributed by atoms with Crippen LogP contribution in [-0.4, -0.2) is 46.4 Å². The van der Waals surface area contributed by atoms with Crippen LogP contribution in [0.15, 0.2) is 30.3 Å². The summed E-state index contributed by atoms with van der Waals surface area (Å²) >= 11 is 6.28. The molecule has 0 aliphatic carbocycles. The number of hydrogen-bond acceptors (Lipinski definition) is 6. The lowest BCUT2D eigenvalue weighted by Crippen LogP contribution is -2.31. The van der Waals surface area contributed by atoms with Crippen LogP contribution in [0, 0.1) is 0 Å². The number of anilines is 1. The van der Waals surface area contributed by atoms with Crippen LogP contribution in [0.4, 0.5) is 5.69 Å². The minimum absolute atomic E-state index is 0.102. The predicted molar refractivity (Wildman–Crippen MR) is 112 cm³/mol. The number of carbonyl (C=O) groups is 1. The van der Waals surface area contributed by atoms with Gasteiger partial charge in [-0.2, -0.15) is 0 Å². The quantitative estimate of drug-likeness (QED) is 0.682. The molecule has 0 fully saturated rings. The van der Waals surface area contributed by atoms with Gasteiger partial charge in [0.25, 0.3) is 0 Å². The molecule has 1 aliphatic heterocycles. The average molecular weight is 421 g/mol. The van der Waals surface area contributed by atoms with E-state index in [1.54, 1.807) is 26.4 Å². The van der Waals surface area contributed by atoms with Crippen molar-refractivity contribution in [1.29, 1.82) is 0 Å². The highest BCUT2D eigenvalue weighted by atomic mass is 35.5. The van der Waals surface area contributed by atoms with E-state index in [0.717, 1.165) is 12.0 Å². The highest BCUT2D eigenvalue weighted by Crippen LogP contribution is 2.37. The summed E-state index contributed by atoms with van der Waals surface area (Å²) in [6.45, 7) is 1.79. The Morgan fingerprint density at radius 2 is 1.79 bits per heavy atom. The molecule has 0 bridgehead atoms. The largest absolute Gasteiger partial charge is 0.493 e. The first-order valence-electron chi connectivity index (χ1n) is 9.41. The molecule has 8 heteroatoms. The minimum Gasteiger partial charge on any atom is -0.493 e. The van der Waals surface area contributed by atoms with Gasteiger partial charge in [0.2, 0.25) is 5.91 Å². The smallest absolute Gasteiger partial charge is 0.239 e. The molecular formula is C21H25ClN2O5. The molecular weight excluding hydrogens is 396 g/mol. The van der Waals surface area contributed by atoms with E-state index in [-0.39, 0.29) is 12.5 Å². The van der Waals surface area contributed by atoms with Crippen molar-refractivity contribution in [1.82, 2.24) is 5.32 Å². The average Bonchev–Trinajstić information content (AvgIpc) is 2.96. The van der Waals surface area contributed by atoms with Crippen LogP contribution >= 0.6 is 11.6 Å². The fourth-order valence-corrected chi connectivity index (χ4v) is 3.16. The number of nitrogens with one attached hydrogen (secondary N) is 2. The van der Waals surface area contributed by atoms with E-state index >= 15 is 0 Å². The summed E-state index contributed by atoms with van der Waals surface area (Å²) in [5.41, 5.74) is 1.67. The number of carbonyl (C=O) groups excluding carboxylic acids is 1. The van der Waals surface area contributed by atoms with E-state index in [9.17, 15) is 4.79 Å². The molecule has 0 unspecified atom stereocenters. The van der Waals surface area contributed by atoms with Crippen molar-refractivity contribution in [3.63, 3.8) is 0 Å². The summed E-state index contributed by atoms with van der Waals surface area (Å²) < 4.78 is 21.8. The van der Waals surface area contributed by atoms with E-state index in [1.165, 1.54) is 0 Å². The summed E-state index contributed by atoms with van der Waals surface area (Å²) in [5.74, 6) is 2.47. The molecule has 0 aromatic heterocycles. The van der Waals surface area contributed by atoms with Gasteiger partial charge in [0.1, 0.15) is 0 Å². The molecule has 156 valence electrons. The molecule has 29 heavy (non-hydrogen) atoms. The Kier molecular flexibility index (Phi) is 7.30. The zero-order valence-electron chi connectivity index (χ0n) is 16.5. The molecule has 0 atom stereocenters. The first-order valence-corrected chi connectivity index (χ1v) is 9.79. The molecule has 1 aliphatic rings. The van der Waals surface area contributed by atoms with Crippen LogP contribution < -0.4 is 29.6 Å². The zero-order valence-corrected chi connectivity index (χ0v) is 17.3. The number of fused-ring (bicyclic) bond motifs is 1. The molecule has 0 radical (unpaired) electrons. The van der Waals surface area contributed by atoms with Crippen LogP contribution in [0.2, 0.25) is 5.02 Å². The van der Waals surface area contributed by atoms with Crippen LogP contribution in [0.25, 0.3) is 0 Å². The maximum atomic E-state index is 12.2. The van der Waals surface area contributed by atoms with Crippen molar-refractivity contribution in [2.45, 2.75) is 12.8 Å². The van der Waals surface area contributed by atoms with E-state index in [2.05, 4.69) is 10.6 Å². The second kappa shape index (κ2) is 10.1. The van der Waals surface area contributed by atoms with Gasteiger partial charge in [0.15, 0.2) is 23.0 Å². The number of hydrogen-bond donors (Lipinski definition) is 2. The fraction of sp³-hybridized carbons (Fsp3) is 0.381. The van der Waals surface area contributed by atoms with Gasteiger partial charge in [-0.3, -0.25) is 4.79 Å². The number of benzene rings is 2. The topological polar surface area (TPSA) is 78.1 Å². The van der Waals surface area contributed by atoms with Crippen LogP contribution in [0.1, 0.15) is 12.0 Å². The van der Waals surface area contributed by atoms with Crippen molar-refractivity contribution >= 4 is 23.2 Å². The van der Waals surface area contributed by atoms with Gasteiger partial charge in [-0.25, -0.2) is 0 Å².